The van der Waals surface area contributed by atoms with Gasteiger partial charge in [-0.25, -0.2) is 0 Å². The van der Waals surface area contributed by atoms with Gasteiger partial charge in [-0.15, -0.1) is 0 Å². The maximum atomic E-state index is 12.2. The number of benzene rings is 1. The van der Waals surface area contributed by atoms with E-state index in [1.165, 1.54) is 12.1 Å². The standard InChI is InChI=1S/C11H10ClF3O5S/c12-8-4-7(6-20-21(16,17)11(13,14)15)5-9-10(8)19-3-1-2-18-9/h4-5H,1-3,6H2. The van der Waals surface area contributed by atoms with Crippen molar-refractivity contribution in [1.82, 2.24) is 0 Å². The summed E-state index contributed by atoms with van der Waals surface area (Å²) in [4.78, 5) is 0. The Morgan fingerprint density at radius 2 is 1.90 bits per heavy atom. The van der Waals surface area contributed by atoms with E-state index < -0.39 is 22.2 Å². The minimum Gasteiger partial charge on any atom is -0.489 e. The fourth-order valence-corrected chi connectivity index (χ4v) is 2.29. The molecule has 0 aliphatic carbocycles. The van der Waals surface area contributed by atoms with Crippen LogP contribution in [0.3, 0.4) is 0 Å². The molecule has 118 valence electrons. The van der Waals surface area contributed by atoms with Crippen molar-refractivity contribution in [1.29, 1.82) is 0 Å². The summed E-state index contributed by atoms with van der Waals surface area (Å²) in [6.07, 6.45) is 0.624. The van der Waals surface area contributed by atoms with Crippen molar-refractivity contribution in [3.8, 4) is 11.5 Å². The van der Waals surface area contributed by atoms with E-state index in [1.807, 2.05) is 0 Å². The number of hydrogen-bond acceptors (Lipinski definition) is 5. The summed E-state index contributed by atoms with van der Waals surface area (Å²) in [6, 6.07) is 2.60. The average Bonchev–Trinajstić information content (AvgIpc) is 2.60. The van der Waals surface area contributed by atoms with Gasteiger partial charge in [0.15, 0.2) is 11.5 Å². The fraction of sp³-hybridized carbons (Fsp3) is 0.455. The lowest BCUT2D eigenvalue weighted by molar-refractivity contribution is -0.0547. The van der Waals surface area contributed by atoms with Crippen LogP contribution in [0.2, 0.25) is 5.02 Å². The number of alkyl halides is 3. The van der Waals surface area contributed by atoms with E-state index in [0.29, 0.717) is 19.6 Å². The molecular weight excluding hydrogens is 337 g/mol. The predicted octanol–water partition coefficient (Wildman–Crippen LogP) is 2.87. The molecule has 2 rings (SSSR count). The third-order valence-corrected chi connectivity index (χ3v) is 3.80. The highest BCUT2D eigenvalue weighted by molar-refractivity contribution is 7.87. The largest absolute Gasteiger partial charge is 0.523 e. The van der Waals surface area contributed by atoms with Crippen LogP contribution < -0.4 is 9.47 Å². The van der Waals surface area contributed by atoms with Gasteiger partial charge in [0.05, 0.1) is 24.8 Å². The molecule has 0 N–H and O–H groups in total. The molecule has 5 nitrogen and oxygen atoms in total. The summed E-state index contributed by atoms with van der Waals surface area (Å²) in [5.74, 6) is 0.514. The molecule has 21 heavy (non-hydrogen) atoms. The Morgan fingerprint density at radius 3 is 2.57 bits per heavy atom. The maximum Gasteiger partial charge on any atom is 0.523 e. The SMILES string of the molecule is O=S(=O)(OCc1cc(Cl)c2c(c1)OCCCO2)C(F)(F)F. The van der Waals surface area contributed by atoms with Crippen LogP contribution in [0, 0.1) is 0 Å². The topological polar surface area (TPSA) is 61.8 Å². The zero-order chi connectivity index (χ0) is 15.7. The van der Waals surface area contributed by atoms with Crippen molar-refractivity contribution in [2.24, 2.45) is 0 Å². The first kappa shape index (κ1) is 16.2. The lowest BCUT2D eigenvalue weighted by Crippen LogP contribution is -2.25. The van der Waals surface area contributed by atoms with Crippen LogP contribution in [0.1, 0.15) is 12.0 Å². The Morgan fingerprint density at radius 1 is 1.24 bits per heavy atom. The second kappa shape index (κ2) is 5.90. The molecular formula is C11H10ClF3O5S. The van der Waals surface area contributed by atoms with Gasteiger partial charge in [0.1, 0.15) is 0 Å². The Balaban J connectivity index is 2.19. The normalized spacial score (nSPS) is 15.6. The van der Waals surface area contributed by atoms with E-state index in [0.717, 1.165) is 0 Å². The van der Waals surface area contributed by atoms with Gasteiger partial charge >= 0.3 is 15.6 Å². The molecule has 0 aromatic heterocycles. The molecule has 0 spiro atoms. The molecule has 1 aliphatic heterocycles. The lowest BCUT2D eigenvalue weighted by Gasteiger charge is -2.12. The summed E-state index contributed by atoms with van der Waals surface area (Å²) in [5.41, 5.74) is -5.35. The third kappa shape index (κ3) is 3.72. The highest BCUT2D eigenvalue weighted by Gasteiger charge is 2.47. The molecule has 1 aromatic carbocycles. The van der Waals surface area contributed by atoms with Crippen molar-refractivity contribution in [2.75, 3.05) is 13.2 Å². The van der Waals surface area contributed by atoms with Gasteiger partial charge in [0.2, 0.25) is 0 Å². The van der Waals surface area contributed by atoms with Crippen molar-refractivity contribution < 1.29 is 35.2 Å². The molecule has 0 atom stereocenters. The van der Waals surface area contributed by atoms with Gasteiger partial charge in [-0.1, -0.05) is 11.6 Å². The Kier molecular flexibility index (Phi) is 4.54. The average molecular weight is 347 g/mol. The molecule has 0 fully saturated rings. The molecule has 0 unspecified atom stereocenters. The maximum absolute atomic E-state index is 12.2. The van der Waals surface area contributed by atoms with E-state index in [-0.39, 0.29) is 22.1 Å². The Labute approximate surface area is 123 Å². The molecule has 1 heterocycles. The van der Waals surface area contributed by atoms with Gasteiger partial charge in [0.25, 0.3) is 0 Å². The quantitative estimate of drug-likeness (QED) is 0.622. The van der Waals surface area contributed by atoms with Crippen molar-refractivity contribution >= 4 is 21.7 Å². The molecule has 0 amide bonds. The summed E-state index contributed by atoms with van der Waals surface area (Å²) < 4.78 is 72.7. The smallest absolute Gasteiger partial charge is 0.489 e. The van der Waals surface area contributed by atoms with Crippen LogP contribution in [0.4, 0.5) is 13.2 Å². The molecule has 0 saturated carbocycles. The monoisotopic (exact) mass is 346 g/mol. The van der Waals surface area contributed by atoms with E-state index in [2.05, 4.69) is 4.18 Å². The number of halogens is 4. The minimum atomic E-state index is -5.65. The Hall–Kier alpha value is -1.19. The van der Waals surface area contributed by atoms with Crippen LogP contribution in [0.5, 0.6) is 11.5 Å². The number of ether oxygens (including phenoxy) is 2. The molecule has 0 bridgehead atoms. The van der Waals surface area contributed by atoms with Gasteiger partial charge < -0.3 is 9.47 Å². The first-order valence-electron chi connectivity index (χ1n) is 5.74. The number of rotatable bonds is 3. The van der Waals surface area contributed by atoms with Crippen LogP contribution in [0.25, 0.3) is 0 Å². The van der Waals surface area contributed by atoms with E-state index in [9.17, 15) is 21.6 Å². The zero-order valence-electron chi connectivity index (χ0n) is 10.4. The van der Waals surface area contributed by atoms with Gasteiger partial charge in [-0.2, -0.15) is 21.6 Å². The van der Waals surface area contributed by atoms with Gasteiger partial charge in [0, 0.05) is 6.42 Å². The van der Waals surface area contributed by atoms with Crippen LogP contribution >= 0.6 is 11.6 Å². The molecule has 0 saturated heterocycles. The molecule has 10 heteroatoms. The van der Waals surface area contributed by atoms with Crippen molar-refractivity contribution in [3.63, 3.8) is 0 Å². The second-order valence-corrected chi connectivity index (χ2v) is 6.13. The summed E-state index contributed by atoms with van der Waals surface area (Å²) in [6.45, 7) is -0.0578. The number of hydrogen-bond donors (Lipinski definition) is 0. The van der Waals surface area contributed by atoms with Crippen molar-refractivity contribution in [3.05, 3.63) is 22.7 Å². The number of fused-ring (bicyclic) bond motifs is 1. The Bertz CT molecular complexity index is 629. The zero-order valence-corrected chi connectivity index (χ0v) is 12.0. The van der Waals surface area contributed by atoms with Crippen LogP contribution in [-0.4, -0.2) is 27.1 Å². The summed E-state index contributed by atoms with van der Waals surface area (Å²) in [5, 5.41) is 0.109. The highest BCUT2D eigenvalue weighted by Crippen LogP contribution is 2.38. The highest BCUT2D eigenvalue weighted by atomic mass is 35.5. The van der Waals surface area contributed by atoms with E-state index in [4.69, 9.17) is 21.1 Å². The van der Waals surface area contributed by atoms with Crippen LogP contribution in [-0.2, 0) is 20.9 Å². The second-order valence-electron chi connectivity index (χ2n) is 4.12. The van der Waals surface area contributed by atoms with Crippen LogP contribution in [0.15, 0.2) is 12.1 Å². The molecule has 0 radical (unpaired) electrons. The first-order chi connectivity index (χ1) is 9.71. The summed E-state index contributed by atoms with van der Waals surface area (Å²) in [7, 11) is -5.65. The van der Waals surface area contributed by atoms with Gasteiger partial charge in [-0.3, -0.25) is 4.18 Å². The lowest BCUT2D eigenvalue weighted by atomic mass is 10.2. The molecule has 1 aliphatic rings. The third-order valence-electron chi connectivity index (χ3n) is 2.53. The first-order valence-corrected chi connectivity index (χ1v) is 7.53. The fourth-order valence-electron chi connectivity index (χ4n) is 1.58. The summed E-state index contributed by atoms with van der Waals surface area (Å²) >= 11 is 5.93. The van der Waals surface area contributed by atoms with Gasteiger partial charge in [-0.05, 0) is 17.7 Å². The van der Waals surface area contributed by atoms with E-state index in [1.54, 1.807) is 0 Å². The minimum absolute atomic E-state index is 0.109. The van der Waals surface area contributed by atoms with Crippen molar-refractivity contribution in [2.45, 2.75) is 18.5 Å². The molecule has 1 aromatic rings. The predicted molar refractivity (Wildman–Crippen MR) is 66.8 cm³/mol. The van der Waals surface area contributed by atoms with E-state index >= 15 is 0 Å².